The predicted molar refractivity (Wildman–Crippen MR) is 95.8 cm³/mol. The molecule has 4 saturated carbocycles. The van der Waals surface area contributed by atoms with Crippen LogP contribution in [0.25, 0.3) is 0 Å². The van der Waals surface area contributed by atoms with Crippen molar-refractivity contribution < 1.29 is 19.1 Å². The Morgan fingerprint density at radius 2 is 1.56 bits per heavy atom. The minimum absolute atomic E-state index is 0.250. The third-order valence-corrected chi connectivity index (χ3v) is 7.22. The Hall–Kier alpha value is -1.06. The summed E-state index contributed by atoms with van der Waals surface area (Å²) < 4.78 is 11.4. The van der Waals surface area contributed by atoms with E-state index >= 15 is 0 Å². The van der Waals surface area contributed by atoms with E-state index in [9.17, 15) is 9.59 Å². The maximum absolute atomic E-state index is 12.5. The topological polar surface area (TPSA) is 52.6 Å². The standard InChI is InChI=1S/C21H34O4/c1-5-7-21(16-9-14-8-15(11-16)12-17(21)10-14)25-18(22)13-24-19(23)20(3,4)6-2/h14-17H,5-13H2,1-4H3. The Morgan fingerprint density at radius 3 is 2.04 bits per heavy atom. The number of carbonyl (C=O) groups is 2. The third kappa shape index (κ3) is 3.46. The van der Waals surface area contributed by atoms with Gasteiger partial charge >= 0.3 is 11.9 Å². The molecule has 142 valence electrons. The quantitative estimate of drug-likeness (QED) is 0.634. The molecule has 4 aliphatic rings. The van der Waals surface area contributed by atoms with E-state index in [1.807, 2.05) is 20.8 Å². The third-order valence-electron chi connectivity index (χ3n) is 7.22. The first kappa shape index (κ1) is 18.7. The fourth-order valence-corrected chi connectivity index (χ4v) is 5.70. The second kappa shape index (κ2) is 6.92. The van der Waals surface area contributed by atoms with Gasteiger partial charge in [0.25, 0.3) is 0 Å². The molecule has 0 aromatic carbocycles. The average molecular weight is 350 g/mol. The molecule has 0 N–H and O–H groups in total. The van der Waals surface area contributed by atoms with E-state index in [1.54, 1.807) is 0 Å². The summed E-state index contributed by atoms with van der Waals surface area (Å²) in [7, 11) is 0. The zero-order valence-electron chi connectivity index (χ0n) is 16.3. The first-order chi connectivity index (χ1) is 11.8. The van der Waals surface area contributed by atoms with Crippen LogP contribution in [0.4, 0.5) is 0 Å². The highest BCUT2D eigenvalue weighted by Gasteiger charge is 2.58. The number of esters is 2. The molecule has 0 unspecified atom stereocenters. The van der Waals surface area contributed by atoms with Gasteiger partial charge < -0.3 is 9.47 Å². The molecular formula is C21H34O4. The molecule has 4 nitrogen and oxygen atoms in total. The van der Waals surface area contributed by atoms with Crippen molar-refractivity contribution in [3.05, 3.63) is 0 Å². The Labute approximate surface area is 152 Å². The van der Waals surface area contributed by atoms with E-state index < -0.39 is 5.41 Å². The first-order valence-electron chi connectivity index (χ1n) is 10.2. The van der Waals surface area contributed by atoms with Crippen molar-refractivity contribution >= 4 is 11.9 Å². The van der Waals surface area contributed by atoms with Crippen LogP contribution < -0.4 is 0 Å². The van der Waals surface area contributed by atoms with E-state index in [2.05, 4.69) is 6.92 Å². The summed E-state index contributed by atoms with van der Waals surface area (Å²) in [5.74, 6) is 2.03. The van der Waals surface area contributed by atoms with E-state index in [-0.39, 0.29) is 24.1 Å². The van der Waals surface area contributed by atoms with Crippen molar-refractivity contribution in [3.63, 3.8) is 0 Å². The smallest absolute Gasteiger partial charge is 0.344 e. The van der Waals surface area contributed by atoms with Gasteiger partial charge in [-0.05, 0) is 82.5 Å². The summed E-state index contributed by atoms with van der Waals surface area (Å²) in [5, 5.41) is 0. The largest absolute Gasteiger partial charge is 0.456 e. The minimum atomic E-state index is -0.552. The molecular weight excluding hydrogens is 316 g/mol. The van der Waals surface area contributed by atoms with Crippen molar-refractivity contribution in [2.24, 2.45) is 29.1 Å². The van der Waals surface area contributed by atoms with Crippen LogP contribution in [-0.2, 0) is 19.1 Å². The van der Waals surface area contributed by atoms with Crippen LogP contribution in [0, 0.1) is 29.1 Å². The van der Waals surface area contributed by atoms with Crippen LogP contribution in [0.2, 0.25) is 0 Å². The second-order valence-electron chi connectivity index (χ2n) is 9.30. The van der Waals surface area contributed by atoms with Crippen molar-refractivity contribution in [1.29, 1.82) is 0 Å². The normalized spacial score (nSPS) is 36.3. The molecule has 0 amide bonds. The molecule has 0 heterocycles. The van der Waals surface area contributed by atoms with Crippen molar-refractivity contribution in [2.45, 2.75) is 84.7 Å². The highest BCUT2D eigenvalue weighted by molar-refractivity contribution is 5.80. The van der Waals surface area contributed by atoms with Gasteiger partial charge in [-0.1, -0.05) is 20.3 Å². The van der Waals surface area contributed by atoms with Crippen LogP contribution in [0.3, 0.4) is 0 Å². The summed E-state index contributed by atoms with van der Waals surface area (Å²) in [4.78, 5) is 24.6. The number of hydrogen-bond donors (Lipinski definition) is 0. The first-order valence-corrected chi connectivity index (χ1v) is 10.2. The number of hydrogen-bond acceptors (Lipinski definition) is 4. The summed E-state index contributed by atoms with van der Waals surface area (Å²) >= 11 is 0. The molecule has 0 radical (unpaired) electrons. The Bertz CT molecular complexity index is 494. The Balaban J connectivity index is 1.64. The molecule has 25 heavy (non-hydrogen) atoms. The molecule has 4 aliphatic carbocycles. The fourth-order valence-electron chi connectivity index (χ4n) is 5.70. The van der Waals surface area contributed by atoms with Gasteiger partial charge in [0.15, 0.2) is 6.61 Å². The molecule has 4 fully saturated rings. The number of ether oxygens (including phenoxy) is 2. The lowest BCUT2D eigenvalue weighted by molar-refractivity contribution is -0.216. The molecule has 0 aromatic heterocycles. The highest BCUT2D eigenvalue weighted by Crippen LogP contribution is 2.60. The van der Waals surface area contributed by atoms with E-state index in [0.717, 1.165) is 24.7 Å². The van der Waals surface area contributed by atoms with Crippen molar-refractivity contribution in [1.82, 2.24) is 0 Å². The molecule has 4 bridgehead atoms. The summed E-state index contributed by atoms with van der Waals surface area (Å²) in [6.45, 7) is 7.56. The molecule has 4 rings (SSSR count). The van der Waals surface area contributed by atoms with Crippen molar-refractivity contribution in [3.8, 4) is 0 Å². The van der Waals surface area contributed by atoms with Gasteiger partial charge in [-0.25, -0.2) is 4.79 Å². The van der Waals surface area contributed by atoms with Crippen LogP contribution in [-0.4, -0.2) is 24.1 Å². The summed E-state index contributed by atoms with van der Waals surface area (Å²) in [6.07, 6.45) is 8.89. The van der Waals surface area contributed by atoms with Gasteiger partial charge in [-0.3, -0.25) is 4.79 Å². The zero-order chi connectivity index (χ0) is 18.2. The van der Waals surface area contributed by atoms with Gasteiger partial charge in [0.2, 0.25) is 0 Å². The molecule has 0 atom stereocenters. The Morgan fingerprint density at radius 1 is 1.00 bits per heavy atom. The Kier molecular flexibility index (Phi) is 5.18. The van der Waals surface area contributed by atoms with Crippen LogP contribution in [0.5, 0.6) is 0 Å². The molecule has 0 aliphatic heterocycles. The summed E-state index contributed by atoms with van der Waals surface area (Å²) in [6, 6.07) is 0. The fraction of sp³-hybridized carbons (Fsp3) is 0.905. The number of carbonyl (C=O) groups excluding carboxylic acids is 2. The van der Waals surface area contributed by atoms with Crippen LogP contribution in [0.15, 0.2) is 0 Å². The molecule has 0 saturated heterocycles. The van der Waals surface area contributed by atoms with Gasteiger partial charge in [0.05, 0.1) is 5.41 Å². The monoisotopic (exact) mass is 350 g/mol. The van der Waals surface area contributed by atoms with Crippen LogP contribution >= 0.6 is 0 Å². The van der Waals surface area contributed by atoms with E-state index in [1.165, 1.54) is 32.1 Å². The van der Waals surface area contributed by atoms with Gasteiger partial charge in [0, 0.05) is 0 Å². The van der Waals surface area contributed by atoms with Crippen molar-refractivity contribution in [2.75, 3.05) is 6.61 Å². The van der Waals surface area contributed by atoms with Crippen LogP contribution in [0.1, 0.15) is 79.1 Å². The average Bonchev–Trinajstić information content (AvgIpc) is 2.56. The lowest BCUT2D eigenvalue weighted by Gasteiger charge is -2.60. The molecule has 0 aromatic rings. The maximum Gasteiger partial charge on any atom is 0.344 e. The van der Waals surface area contributed by atoms with Gasteiger partial charge in [0.1, 0.15) is 5.60 Å². The zero-order valence-corrected chi connectivity index (χ0v) is 16.3. The maximum atomic E-state index is 12.5. The summed E-state index contributed by atoms with van der Waals surface area (Å²) in [5.41, 5.74) is -0.851. The lowest BCUT2D eigenvalue weighted by Crippen LogP contribution is -2.59. The highest BCUT2D eigenvalue weighted by atomic mass is 16.6. The predicted octanol–water partition coefficient (Wildman–Crippen LogP) is 4.50. The SMILES string of the molecule is CCCC1(OC(=O)COC(=O)C(C)(C)CC)C2CC3CC(C2)CC1C3. The van der Waals surface area contributed by atoms with E-state index in [4.69, 9.17) is 9.47 Å². The van der Waals surface area contributed by atoms with Gasteiger partial charge in [-0.15, -0.1) is 0 Å². The second-order valence-corrected chi connectivity index (χ2v) is 9.30. The van der Waals surface area contributed by atoms with E-state index in [0.29, 0.717) is 18.3 Å². The lowest BCUT2D eigenvalue weighted by atomic mass is 9.49. The van der Waals surface area contributed by atoms with Gasteiger partial charge in [-0.2, -0.15) is 0 Å². The minimum Gasteiger partial charge on any atom is -0.456 e. The molecule has 0 spiro atoms. The number of rotatable bonds is 7. The molecule has 4 heteroatoms.